The lowest BCUT2D eigenvalue weighted by Gasteiger charge is -2.20. The normalized spacial score (nSPS) is 11.6. The number of aryl methyl sites for hydroxylation is 1. The van der Waals surface area contributed by atoms with E-state index in [0.717, 1.165) is 15.8 Å². The molecule has 0 aliphatic heterocycles. The molecule has 0 fully saturated rings. The van der Waals surface area contributed by atoms with Gasteiger partial charge in [-0.25, -0.2) is 13.4 Å². The largest absolute Gasteiger partial charge is 0.283 e. The Balaban J connectivity index is 1.66. The Labute approximate surface area is 195 Å². The lowest BCUT2D eigenvalue weighted by Crippen LogP contribution is -2.35. The van der Waals surface area contributed by atoms with Crippen LogP contribution in [0.25, 0.3) is 10.2 Å². The van der Waals surface area contributed by atoms with Gasteiger partial charge in [0.1, 0.15) is 5.75 Å². The summed E-state index contributed by atoms with van der Waals surface area (Å²) in [5, 5.41) is 1.01. The van der Waals surface area contributed by atoms with Gasteiger partial charge in [-0.2, -0.15) is 0 Å². The molecule has 6 nitrogen and oxygen atoms in total. The molecule has 32 heavy (non-hydrogen) atoms. The molecule has 4 rings (SSSR count). The third-order valence-corrected chi connectivity index (χ3v) is 7.82. The summed E-state index contributed by atoms with van der Waals surface area (Å²) in [6, 6.07) is 16.1. The number of halogens is 1. The SMILES string of the molecule is Cc1c(Cl)ccc2sc(N(Cc3cccnc3)C(=O)CS(=O)(=O)Cc3ccccc3)nc12. The smallest absolute Gasteiger partial charge is 0.244 e. The van der Waals surface area contributed by atoms with E-state index in [1.165, 1.54) is 16.2 Å². The van der Waals surface area contributed by atoms with Crippen molar-refractivity contribution < 1.29 is 13.2 Å². The first-order valence-corrected chi connectivity index (χ1v) is 12.8. The van der Waals surface area contributed by atoms with Gasteiger partial charge in [-0.1, -0.05) is 59.3 Å². The zero-order valence-corrected chi connectivity index (χ0v) is 19.6. The topological polar surface area (TPSA) is 80.2 Å². The molecule has 0 unspecified atom stereocenters. The minimum Gasteiger partial charge on any atom is -0.283 e. The first-order chi connectivity index (χ1) is 15.3. The molecule has 0 N–H and O–H groups in total. The van der Waals surface area contributed by atoms with E-state index >= 15 is 0 Å². The van der Waals surface area contributed by atoms with Crippen molar-refractivity contribution >= 4 is 54.0 Å². The summed E-state index contributed by atoms with van der Waals surface area (Å²) in [7, 11) is -3.68. The lowest BCUT2D eigenvalue weighted by atomic mass is 10.2. The van der Waals surface area contributed by atoms with Crippen LogP contribution in [0.5, 0.6) is 0 Å². The van der Waals surface area contributed by atoms with Crippen LogP contribution in [0.3, 0.4) is 0 Å². The Morgan fingerprint density at radius 2 is 1.81 bits per heavy atom. The van der Waals surface area contributed by atoms with Gasteiger partial charge in [-0.05, 0) is 41.8 Å². The average Bonchev–Trinajstić information content (AvgIpc) is 3.20. The highest BCUT2D eigenvalue weighted by atomic mass is 35.5. The molecule has 0 atom stereocenters. The zero-order chi connectivity index (χ0) is 22.7. The number of pyridine rings is 1. The van der Waals surface area contributed by atoms with Crippen LogP contribution in [-0.4, -0.2) is 30.0 Å². The van der Waals surface area contributed by atoms with Crippen LogP contribution >= 0.6 is 22.9 Å². The second-order valence-corrected chi connectivity index (χ2v) is 10.9. The molecule has 2 heterocycles. The van der Waals surface area contributed by atoms with Gasteiger partial charge in [0.15, 0.2) is 15.0 Å². The number of hydrogen-bond acceptors (Lipinski definition) is 6. The highest BCUT2D eigenvalue weighted by Gasteiger charge is 2.26. The van der Waals surface area contributed by atoms with E-state index in [1.807, 2.05) is 25.1 Å². The van der Waals surface area contributed by atoms with Crippen molar-refractivity contribution in [3.05, 3.63) is 88.7 Å². The van der Waals surface area contributed by atoms with E-state index in [4.69, 9.17) is 11.6 Å². The summed E-state index contributed by atoms with van der Waals surface area (Å²) in [5.74, 6) is -1.35. The minimum absolute atomic E-state index is 0.167. The number of benzene rings is 2. The summed E-state index contributed by atoms with van der Waals surface area (Å²) >= 11 is 7.56. The Bertz CT molecular complexity index is 1360. The van der Waals surface area contributed by atoms with Gasteiger partial charge in [-0.3, -0.25) is 14.7 Å². The number of hydrogen-bond donors (Lipinski definition) is 0. The van der Waals surface area contributed by atoms with E-state index in [9.17, 15) is 13.2 Å². The highest BCUT2D eigenvalue weighted by molar-refractivity contribution is 7.91. The Kier molecular flexibility index (Phi) is 6.55. The molecule has 0 spiro atoms. The third-order valence-electron chi connectivity index (χ3n) is 4.90. The fourth-order valence-corrected chi connectivity index (χ4v) is 5.81. The van der Waals surface area contributed by atoms with Crippen LogP contribution < -0.4 is 4.90 Å². The predicted molar refractivity (Wildman–Crippen MR) is 129 cm³/mol. The van der Waals surface area contributed by atoms with Crippen LogP contribution in [0.2, 0.25) is 5.02 Å². The molecular formula is C23H20ClN3O3S2. The second kappa shape index (κ2) is 9.36. The molecule has 9 heteroatoms. The number of carbonyl (C=O) groups is 1. The fourth-order valence-electron chi connectivity index (χ4n) is 3.29. The number of nitrogens with zero attached hydrogens (tertiary/aromatic N) is 3. The van der Waals surface area contributed by atoms with E-state index in [1.54, 1.807) is 48.8 Å². The average molecular weight is 486 g/mol. The van der Waals surface area contributed by atoms with Crippen molar-refractivity contribution in [2.45, 2.75) is 19.2 Å². The van der Waals surface area contributed by atoms with Crippen molar-refractivity contribution in [2.24, 2.45) is 0 Å². The van der Waals surface area contributed by atoms with Gasteiger partial charge in [0.2, 0.25) is 5.91 Å². The van der Waals surface area contributed by atoms with E-state index < -0.39 is 21.5 Å². The van der Waals surface area contributed by atoms with Crippen LogP contribution in [0, 0.1) is 6.92 Å². The molecule has 2 aromatic carbocycles. The number of sulfone groups is 1. The molecule has 0 saturated carbocycles. The van der Waals surface area contributed by atoms with Crippen LogP contribution in [0.15, 0.2) is 67.0 Å². The second-order valence-electron chi connectivity index (χ2n) is 7.37. The van der Waals surface area contributed by atoms with Crippen LogP contribution in [-0.2, 0) is 26.9 Å². The van der Waals surface area contributed by atoms with E-state index in [0.29, 0.717) is 21.2 Å². The van der Waals surface area contributed by atoms with Crippen molar-refractivity contribution in [1.29, 1.82) is 0 Å². The molecule has 0 radical (unpaired) electrons. The fraction of sp³-hybridized carbons (Fsp3) is 0.174. The van der Waals surface area contributed by atoms with Gasteiger partial charge in [0.25, 0.3) is 0 Å². The number of carbonyl (C=O) groups excluding carboxylic acids is 1. The number of anilines is 1. The molecule has 0 aliphatic carbocycles. The lowest BCUT2D eigenvalue weighted by molar-refractivity contribution is -0.116. The Morgan fingerprint density at radius 1 is 1.06 bits per heavy atom. The molecule has 0 bridgehead atoms. The van der Waals surface area contributed by atoms with Gasteiger partial charge in [-0.15, -0.1) is 0 Å². The van der Waals surface area contributed by atoms with Gasteiger partial charge >= 0.3 is 0 Å². The van der Waals surface area contributed by atoms with Gasteiger partial charge in [0, 0.05) is 17.4 Å². The molecule has 0 saturated heterocycles. The van der Waals surface area contributed by atoms with Crippen molar-refractivity contribution in [3.63, 3.8) is 0 Å². The number of fused-ring (bicyclic) bond motifs is 1. The van der Waals surface area contributed by atoms with E-state index in [-0.39, 0.29) is 12.3 Å². The maximum atomic E-state index is 13.2. The maximum Gasteiger partial charge on any atom is 0.244 e. The molecule has 1 amide bonds. The minimum atomic E-state index is -3.68. The summed E-state index contributed by atoms with van der Waals surface area (Å²) in [6.45, 7) is 2.03. The highest BCUT2D eigenvalue weighted by Crippen LogP contribution is 2.34. The van der Waals surface area contributed by atoms with Gasteiger partial charge in [0.05, 0.1) is 22.5 Å². The monoisotopic (exact) mass is 485 g/mol. The maximum absolute atomic E-state index is 13.2. The number of amides is 1. The summed E-state index contributed by atoms with van der Waals surface area (Å²) < 4.78 is 26.4. The Morgan fingerprint density at radius 3 is 2.53 bits per heavy atom. The first-order valence-electron chi connectivity index (χ1n) is 9.82. The molecule has 2 aromatic heterocycles. The molecule has 164 valence electrons. The quantitative estimate of drug-likeness (QED) is 0.375. The Hall–Kier alpha value is -2.81. The standard InChI is InChI=1S/C23H20ClN3O3S2/c1-16-19(24)9-10-20-22(16)26-23(31-20)27(13-18-8-5-11-25-12-18)21(28)15-32(29,30)14-17-6-3-2-4-7-17/h2-12H,13-15H2,1H3. The summed E-state index contributed by atoms with van der Waals surface area (Å²) in [6.07, 6.45) is 3.29. The van der Waals surface area contributed by atoms with Crippen LogP contribution in [0.1, 0.15) is 16.7 Å². The molecule has 4 aromatic rings. The number of rotatable bonds is 7. The predicted octanol–water partition coefficient (Wildman–Crippen LogP) is 4.80. The van der Waals surface area contributed by atoms with Crippen molar-refractivity contribution in [1.82, 2.24) is 9.97 Å². The third kappa shape index (κ3) is 5.15. The van der Waals surface area contributed by atoms with Gasteiger partial charge < -0.3 is 0 Å². The summed E-state index contributed by atoms with van der Waals surface area (Å²) in [5.41, 5.74) is 2.94. The van der Waals surface area contributed by atoms with Crippen LogP contribution in [0.4, 0.5) is 5.13 Å². The number of aromatic nitrogens is 2. The summed E-state index contributed by atoms with van der Waals surface area (Å²) in [4.78, 5) is 23.4. The van der Waals surface area contributed by atoms with Crippen molar-refractivity contribution in [2.75, 3.05) is 10.7 Å². The molecule has 0 aliphatic rings. The first kappa shape index (κ1) is 22.4. The van der Waals surface area contributed by atoms with E-state index in [2.05, 4.69) is 9.97 Å². The van der Waals surface area contributed by atoms with Crippen molar-refractivity contribution in [3.8, 4) is 0 Å². The molecular weight excluding hydrogens is 466 g/mol. The zero-order valence-electron chi connectivity index (χ0n) is 17.2. The number of thiazole rings is 1.